The Balaban J connectivity index is 1.84. The Labute approximate surface area is 93.5 Å². The van der Waals surface area contributed by atoms with Gasteiger partial charge in [-0.15, -0.1) is 0 Å². The molecule has 78 valence electrons. The molecule has 4 heteroatoms. The number of amidine groups is 1. The summed E-state index contributed by atoms with van der Waals surface area (Å²) < 4.78 is 41.3. The average Bonchev–Trinajstić information content (AvgIpc) is 2.58. The maximum absolute atomic E-state index is 7.55. The van der Waals surface area contributed by atoms with Crippen LogP contribution in [0.15, 0.2) is 29.3 Å². The van der Waals surface area contributed by atoms with E-state index in [1.54, 1.807) is 18.2 Å². The summed E-state index contributed by atoms with van der Waals surface area (Å²) in [6.07, 6.45) is -0.637. The first-order valence-corrected chi connectivity index (χ1v) is 4.65. The Morgan fingerprint density at radius 1 is 1.40 bits per heavy atom. The van der Waals surface area contributed by atoms with Crippen LogP contribution in [-0.2, 0) is 0 Å². The number of fused-ring (bicyclic) bond motifs is 1. The molecule has 0 bridgehead atoms. The lowest BCUT2D eigenvalue weighted by molar-refractivity contribution is 0.133. The van der Waals surface area contributed by atoms with Gasteiger partial charge in [-0.2, -0.15) is 0 Å². The van der Waals surface area contributed by atoms with Gasteiger partial charge < -0.3 is 14.8 Å². The predicted octanol–water partition coefficient (Wildman–Crippen LogP) is 0.828. The lowest BCUT2D eigenvalue weighted by Crippen LogP contribution is -2.42. The van der Waals surface area contributed by atoms with E-state index in [0.717, 1.165) is 0 Å². The second-order valence-corrected chi connectivity index (χ2v) is 3.22. The molecule has 0 aliphatic carbocycles. The lowest BCUT2D eigenvalue weighted by atomic mass is 10.2. The molecule has 2 aliphatic rings. The van der Waals surface area contributed by atoms with Gasteiger partial charge in [0.05, 0.1) is 12.0 Å². The zero-order chi connectivity index (χ0) is 13.7. The maximum atomic E-state index is 7.55. The van der Waals surface area contributed by atoms with Crippen LogP contribution in [0.2, 0.25) is 0 Å². The van der Waals surface area contributed by atoms with Gasteiger partial charge in [-0.25, -0.2) is 0 Å². The summed E-state index contributed by atoms with van der Waals surface area (Å²) in [5.74, 6) is 1.28. The van der Waals surface area contributed by atoms with Gasteiger partial charge in [0.25, 0.3) is 0 Å². The summed E-state index contributed by atoms with van der Waals surface area (Å²) >= 11 is 0. The highest BCUT2D eigenvalue weighted by Crippen LogP contribution is 2.31. The fraction of sp³-hybridized carbons (Fsp3) is 0.364. The molecule has 0 radical (unpaired) electrons. The van der Waals surface area contributed by atoms with Crippen molar-refractivity contribution in [3.8, 4) is 11.5 Å². The third-order valence-corrected chi connectivity index (χ3v) is 2.24. The quantitative estimate of drug-likeness (QED) is 0.743. The van der Waals surface area contributed by atoms with Crippen LogP contribution >= 0.6 is 0 Å². The van der Waals surface area contributed by atoms with Gasteiger partial charge >= 0.3 is 0 Å². The van der Waals surface area contributed by atoms with E-state index < -0.39 is 19.1 Å². The second-order valence-electron chi connectivity index (χ2n) is 3.22. The molecule has 0 saturated carbocycles. The minimum Gasteiger partial charge on any atom is -0.485 e. The lowest BCUT2D eigenvalue weighted by Gasteiger charge is -2.26. The first-order valence-electron chi connectivity index (χ1n) is 6.65. The zero-order valence-corrected chi connectivity index (χ0v) is 7.86. The Bertz CT molecular complexity index is 547. The number of aliphatic imine (C=N–C) groups is 1. The Kier molecular flexibility index (Phi) is 1.24. The number of rotatable bonds is 1. The van der Waals surface area contributed by atoms with Gasteiger partial charge in [0.2, 0.25) is 0 Å². The van der Waals surface area contributed by atoms with Gasteiger partial charge in [-0.3, -0.25) is 4.99 Å². The fourth-order valence-electron chi connectivity index (χ4n) is 1.51. The van der Waals surface area contributed by atoms with Crippen molar-refractivity contribution in [3.05, 3.63) is 24.3 Å². The van der Waals surface area contributed by atoms with E-state index in [0.29, 0.717) is 11.5 Å². The number of para-hydroxylation sites is 2. The summed E-state index contributed by atoms with van der Waals surface area (Å²) in [4.78, 5) is 3.73. The maximum Gasteiger partial charge on any atom is 0.189 e. The fourth-order valence-corrected chi connectivity index (χ4v) is 1.51. The molecule has 3 rings (SSSR count). The smallest absolute Gasteiger partial charge is 0.189 e. The van der Waals surface area contributed by atoms with Crippen LogP contribution in [0.1, 0.15) is 5.48 Å². The number of nitrogens with zero attached hydrogens (tertiary/aromatic N) is 1. The number of hydrogen-bond donors (Lipinski definition) is 1. The van der Waals surface area contributed by atoms with E-state index in [1.165, 1.54) is 0 Å². The monoisotopic (exact) mass is 208 g/mol. The number of benzene rings is 1. The standard InChI is InChI=1S/C11H12N2O2/c1-2-4-9-8(3-1)14-7-10(15-9)11-12-5-6-13-11/h1-4,10H,5-7H2,(H,12,13)/t10-/m0/s1/i5D2,6D2. The summed E-state index contributed by atoms with van der Waals surface area (Å²) in [6, 6.07) is 7.13. The van der Waals surface area contributed by atoms with Gasteiger partial charge in [0, 0.05) is 6.50 Å². The molecular formula is C11H12N2O2. The van der Waals surface area contributed by atoms with Gasteiger partial charge in [0.1, 0.15) is 12.4 Å². The van der Waals surface area contributed by atoms with E-state index in [1.807, 2.05) is 6.07 Å². The van der Waals surface area contributed by atoms with Crippen LogP contribution in [-0.4, -0.2) is 31.5 Å². The molecule has 1 aromatic carbocycles. The van der Waals surface area contributed by atoms with Crippen molar-refractivity contribution in [2.75, 3.05) is 19.6 Å². The highest BCUT2D eigenvalue weighted by molar-refractivity contribution is 5.88. The summed E-state index contributed by atoms with van der Waals surface area (Å²) in [5, 5.41) is 2.42. The number of nitrogens with one attached hydrogen (secondary N) is 1. The van der Waals surface area contributed by atoms with Crippen LogP contribution in [0, 0.1) is 0 Å². The molecule has 4 nitrogen and oxygen atoms in total. The minimum absolute atomic E-state index is 0.129. The molecule has 0 saturated heterocycles. The van der Waals surface area contributed by atoms with Crippen molar-refractivity contribution in [1.82, 2.24) is 5.32 Å². The Morgan fingerprint density at radius 2 is 2.27 bits per heavy atom. The summed E-state index contributed by atoms with van der Waals surface area (Å²) in [6.45, 7) is -4.40. The largest absolute Gasteiger partial charge is 0.485 e. The van der Waals surface area contributed by atoms with Crippen molar-refractivity contribution < 1.29 is 15.0 Å². The molecule has 0 spiro atoms. The molecule has 2 heterocycles. The van der Waals surface area contributed by atoms with Crippen LogP contribution in [0.25, 0.3) is 0 Å². The first-order chi connectivity index (χ1) is 8.89. The van der Waals surface area contributed by atoms with E-state index >= 15 is 0 Å². The molecule has 2 aliphatic heterocycles. The molecule has 1 N–H and O–H groups in total. The van der Waals surface area contributed by atoms with Crippen molar-refractivity contribution in [1.29, 1.82) is 0 Å². The van der Waals surface area contributed by atoms with Gasteiger partial charge in [-0.1, -0.05) is 12.1 Å². The van der Waals surface area contributed by atoms with Crippen LogP contribution in [0.5, 0.6) is 11.5 Å². The second kappa shape index (κ2) is 3.46. The highest BCUT2D eigenvalue weighted by atomic mass is 16.6. The highest BCUT2D eigenvalue weighted by Gasteiger charge is 2.26. The Hall–Kier alpha value is -1.71. The molecular weight excluding hydrogens is 192 g/mol. The SMILES string of the molecule is [2H]C1([2H])N=C([C@@H]2COc3ccccc3O2)NC1([2H])[2H]. The molecule has 0 fully saturated rings. The van der Waals surface area contributed by atoms with E-state index in [9.17, 15) is 0 Å². The summed E-state index contributed by atoms with van der Waals surface area (Å²) in [5.41, 5.74) is 0. The third kappa shape index (κ3) is 1.52. The van der Waals surface area contributed by atoms with Crippen molar-refractivity contribution in [3.63, 3.8) is 0 Å². The van der Waals surface area contributed by atoms with Crippen molar-refractivity contribution in [2.24, 2.45) is 4.99 Å². The van der Waals surface area contributed by atoms with E-state index in [4.69, 9.17) is 15.0 Å². The molecule has 0 aromatic heterocycles. The zero-order valence-electron chi connectivity index (χ0n) is 11.9. The molecule has 0 unspecified atom stereocenters. The number of ether oxygens (including phenoxy) is 2. The molecule has 1 atom stereocenters. The first kappa shape index (κ1) is 5.39. The van der Waals surface area contributed by atoms with Crippen molar-refractivity contribution >= 4 is 5.84 Å². The van der Waals surface area contributed by atoms with E-state index in [-0.39, 0.29) is 12.4 Å². The van der Waals surface area contributed by atoms with Crippen LogP contribution in [0.4, 0.5) is 0 Å². The normalized spacial score (nSPS) is 33.9. The van der Waals surface area contributed by atoms with Crippen LogP contribution < -0.4 is 14.8 Å². The van der Waals surface area contributed by atoms with Gasteiger partial charge in [0.15, 0.2) is 17.6 Å². The van der Waals surface area contributed by atoms with E-state index in [2.05, 4.69) is 10.3 Å². The molecule has 1 aromatic rings. The molecule has 15 heavy (non-hydrogen) atoms. The topological polar surface area (TPSA) is 42.9 Å². The number of hydrogen-bond acceptors (Lipinski definition) is 4. The molecule has 0 amide bonds. The van der Waals surface area contributed by atoms with Crippen molar-refractivity contribution in [2.45, 2.75) is 6.10 Å². The van der Waals surface area contributed by atoms with Crippen LogP contribution in [0.3, 0.4) is 0 Å². The third-order valence-electron chi connectivity index (χ3n) is 2.24. The summed E-state index contributed by atoms with van der Waals surface area (Å²) in [7, 11) is 0. The minimum atomic E-state index is -2.32. The van der Waals surface area contributed by atoms with Gasteiger partial charge in [-0.05, 0) is 12.1 Å². The Morgan fingerprint density at radius 3 is 3.07 bits per heavy atom. The predicted molar refractivity (Wildman–Crippen MR) is 56.7 cm³/mol. The average molecular weight is 208 g/mol.